The summed E-state index contributed by atoms with van der Waals surface area (Å²) < 4.78 is 10.3. The maximum absolute atomic E-state index is 11.9. The molecular weight excluding hydrogens is 268 g/mol. The van der Waals surface area contributed by atoms with Crippen molar-refractivity contribution in [2.45, 2.75) is 25.2 Å². The number of nitrogens with zero attached hydrogens (tertiary/aromatic N) is 1. The van der Waals surface area contributed by atoms with Crippen molar-refractivity contribution in [3.63, 3.8) is 0 Å². The molecule has 2 aromatic rings. The normalized spacial score (nSPS) is 14.0. The van der Waals surface area contributed by atoms with Gasteiger partial charge in [-0.05, 0) is 37.0 Å². The second-order valence-corrected chi connectivity index (χ2v) is 5.24. The van der Waals surface area contributed by atoms with Crippen LogP contribution >= 0.6 is 0 Å². The molecule has 1 N–H and O–H groups in total. The summed E-state index contributed by atoms with van der Waals surface area (Å²) in [6.07, 6.45) is 3.03. The molecule has 5 heteroatoms. The Hall–Kier alpha value is -2.30. The van der Waals surface area contributed by atoms with Crippen LogP contribution in [0, 0.1) is 0 Å². The summed E-state index contributed by atoms with van der Waals surface area (Å²) in [5.74, 6) is 1.95. The van der Waals surface area contributed by atoms with Gasteiger partial charge in [-0.15, -0.1) is 0 Å². The summed E-state index contributed by atoms with van der Waals surface area (Å²) in [7, 11) is 1.64. The van der Waals surface area contributed by atoms with E-state index in [4.69, 9.17) is 9.26 Å². The first kappa shape index (κ1) is 13.7. The van der Waals surface area contributed by atoms with Gasteiger partial charge in [-0.3, -0.25) is 4.79 Å². The van der Waals surface area contributed by atoms with Crippen LogP contribution in [-0.4, -0.2) is 24.7 Å². The topological polar surface area (TPSA) is 64.4 Å². The number of amides is 1. The lowest BCUT2D eigenvalue weighted by atomic mass is 10.1. The molecule has 0 aliphatic heterocycles. The van der Waals surface area contributed by atoms with Crippen molar-refractivity contribution in [1.29, 1.82) is 0 Å². The average Bonchev–Trinajstić information content (AvgIpc) is 3.25. The van der Waals surface area contributed by atoms with Gasteiger partial charge in [0, 0.05) is 18.5 Å². The molecule has 0 bridgehead atoms. The lowest BCUT2D eigenvalue weighted by Gasteiger charge is -2.04. The van der Waals surface area contributed by atoms with Gasteiger partial charge < -0.3 is 14.6 Å². The molecule has 5 nitrogen and oxygen atoms in total. The standard InChI is InChI=1S/C16H18N2O3/c1-20-13-6-2-11(3-7-13)8-9-17-16(19)14-10-15(21-18-14)12-4-5-12/h2-3,6-7,10,12H,4-5,8-9H2,1H3,(H,17,19). The fourth-order valence-corrected chi connectivity index (χ4v) is 2.16. The van der Waals surface area contributed by atoms with Crippen LogP contribution in [0.1, 0.15) is 40.6 Å². The Morgan fingerprint density at radius 3 is 2.81 bits per heavy atom. The number of carbonyl (C=O) groups is 1. The van der Waals surface area contributed by atoms with E-state index in [0.717, 1.165) is 36.3 Å². The van der Waals surface area contributed by atoms with E-state index in [1.165, 1.54) is 0 Å². The van der Waals surface area contributed by atoms with Crippen LogP contribution in [0.4, 0.5) is 0 Å². The zero-order chi connectivity index (χ0) is 14.7. The van der Waals surface area contributed by atoms with Gasteiger partial charge in [-0.1, -0.05) is 17.3 Å². The molecule has 1 aliphatic carbocycles. The van der Waals surface area contributed by atoms with E-state index in [1.807, 2.05) is 24.3 Å². The van der Waals surface area contributed by atoms with Gasteiger partial charge in [0.25, 0.3) is 5.91 Å². The zero-order valence-electron chi connectivity index (χ0n) is 12.0. The summed E-state index contributed by atoms with van der Waals surface area (Å²) in [5.41, 5.74) is 1.52. The number of ether oxygens (including phenoxy) is 1. The lowest BCUT2D eigenvalue weighted by Crippen LogP contribution is -2.25. The smallest absolute Gasteiger partial charge is 0.273 e. The molecule has 110 valence electrons. The molecule has 1 heterocycles. The van der Waals surface area contributed by atoms with E-state index in [2.05, 4.69) is 10.5 Å². The van der Waals surface area contributed by atoms with Gasteiger partial charge in [0.05, 0.1) is 7.11 Å². The van der Waals surface area contributed by atoms with Gasteiger partial charge in [0.15, 0.2) is 5.69 Å². The predicted octanol–water partition coefficient (Wildman–Crippen LogP) is 2.53. The van der Waals surface area contributed by atoms with Gasteiger partial charge in [0.1, 0.15) is 11.5 Å². The molecule has 0 spiro atoms. The minimum absolute atomic E-state index is 0.181. The van der Waals surface area contributed by atoms with Crippen LogP contribution in [0.15, 0.2) is 34.9 Å². The Morgan fingerprint density at radius 2 is 2.14 bits per heavy atom. The summed E-state index contributed by atoms with van der Waals surface area (Å²) in [4.78, 5) is 11.9. The van der Waals surface area contributed by atoms with Crippen LogP contribution in [-0.2, 0) is 6.42 Å². The van der Waals surface area contributed by atoms with Crippen molar-refractivity contribution in [3.05, 3.63) is 47.3 Å². The highest BCUT2D eigenvalue weighted by Crippen LogP contribution is 2.40. The zero-order valence-corrected chi connectivity index (χ0v) is 12.0. The number of hydrogen-bond donors (Lipinski definition) is 1. The molecule has 1 aromatic heterocycles. The SMILES string of the molecule is COc1ccc(CCNC(=O)c2cc(C3CC3)on2)cc1. The molecular formula is C16H18N2O3. The Kier molecular flexibility index (Phi) is 3.90. The number of rotatable bonds is 6. The highest BCUT2D eigenvalue weighted by atomic mass is 16.5. The monoisotopic (exact) mass is 286 g/mol. The van der Waals surface area contributed by atoms with E-state index < -0.39 is 0 Å². The number of hydrogen-bond acceptors (Lipinski definition) is 4. The molecule has 0 saturated heterocycles. The molecule has 1 saturated carbocycles. The van der Waals surface area contributed by atoms with E-state index in [0.29, 0.717) is 18.2 Å². The first-order valence-electron chi connectivity index (χ1n) is 7.14. The Labute approximate surface area is 123 Å². The largest absolute Gasteiger partial charge is 0.497 e. The maximum atomic E-state index is 11.9. The highest BCUT2D eigenvalue weighted by Gasteiger charge is 2.28. The second kappa shape index (κ2) is 5.99. The number of aromatic nitrogens is 1. The van der Waals surface area contributed by atoms with Crippen LogP contribution in [0.2, 0.25) is 0 Å². The fraction of sp³-hybridized carbons (Fsp3) is 0.375. The second-order valence-electron chi connectivity index (χ2n) is 5.24. The van der Waals surface area contributed by atoms with Crippen LogP contribution in [0.5, 0.6) is 5.75 Å². The van der Waals surface area contributed by atoms with Gasteiger partial charge in [0.2, 0.25) is 0 Å². The van der Waals surface area contributed by atoms with E-state index in [-0.39, 0.29) is 5.91 Å². The maximum Gasteiger partial charge on any atom is 0.273 e. The molecule has 0 radical (unpaired) electrons. The predicted molar refractivity (Wildman–Crippen MR) is 77.5 cm³/mol. The third kappa shape index (κ3) is 3.42. The van der Waals surface area contributed by atoms with Crippen molar-refractivity contribution in [3.8, 4) is 5.75 Å². The van der Waals surface area contributed by atoms with E-state index in [9.17, 15) is 4.79 Å². The summed E-state index contributed by atoms with van der Waals surface area (Å²) in [6.45, 7) is 0.566. The first-order valence-corrected chi connectivity index (χ1v) is 7.14. The van der Waals surface area contributed by atoms with Crippen LogP contribution in [0.3, 0.4) is 0 Å². The van der Waals surface area contributed by atoms with Crippen molar-refractivity contribution < 1.29 is 14.1 Å². The molecule has 0 atom stereocenters. The number of carbonyl (C=O) groups excluding carboxylic acids is 1. The molecule has 21 heavy (non-hydrogen) atoms. The van der Waals surface area contributed by atoms with Crippen molar-refractivity contribution >= 4 is 5.91 Å². The first-order chi connectivity index (χ1) is 10.3. The van der Waals surface area contributed by atoms with Crippen molar-refractivity contribution in [2.75, 3.05) is 13.7 Å². The molecule has 3 rings (SSSR count). The van der Waals surface area contributed by atoms with Crippen LogP contribution in [0.25, 0.3) is 0 Å². The molecule has 1 aromatic carbocycles. The number of benzene rings is 1. The Balaban J connectivity index is 1.48. The van der Waals surface area contributed by atoms with E-state index in [1.54, 1.807) is 13.2 Å². The third-order valence-corrected chi connectivity index (χ3v) is 3.60. The van der Waals surface area contributed by atoms with Crippen molar-refractivity contribution in [1.82, 2.24) is 10.5 Å². The Bertz CT molecular complexity index is 615. The van der Waals surface area contributed by atoms with Gasteiger partial charge >= 0.3 is 0 Å². The van der Waals surface area contributed by atoms with Gasteiger partial charge in [-0.2, -0.15) is 0 Å². The highest BCUT2D eigenvalue weighted by molar-refractivity contribution is 5.92. The van der Waals surface area contributed by atoms with E-state index >= 15 is 0 Å². The summed E-state index contributed by atoms with van der Waals surface area (Å²) >= 11 is 0. The Morgan fingerprint density at radius 1 is 1.38 bits per heavy atom. The van der Waals surface area contributed by atoms with Crippen molar-refractivity contribution in [2.24, 2.45) is 0 Å². The van der Waals surface area contributed by atoms with Gasteiger partial charge in [-0.25, -0.2) is 0 Å². The minimum atomic E-state index is -0.181. The average molecular weight is 286 g/mol. The fourth-order valence-electron chi connectivity index (χ4n) is 2.16. The summed E-state index contributed by atoms with van der Waals surface area (Å²) in [5, 5.41) is 6.68. The third-order valence-electron chi connectivity index (χ3n) is 3.60. The van der Waals surface area contributed by atoms with Crippen LogP contribution < -0.4 is 10.1 Å². The number of nitrogens with one attached hydrogen (secondary N) is 1. The minimum Gasteiger partial charge on any atom is -0.497 e. The lowest BCUT2D eigenvalue weighted by molar-refractivity contribution is 0.0945. The summed E-state index contributed by atoms with van der Waals surface area (Å²) in [6, 6.07) is 9.56. The molecule has 1 fully saturated rings. The molecule has 0 unspecified atom stereocenters. The molecule has 1 amide bonds. The number of methoxy groups -OCH3 is 1. The quantitative estimate of drug-likeness (QED) is 0.886. The molecule has 1 aliphatic rings.